The second-order valence-corrected chi connectivity index (χ2v) is 6.17. The summed E-state index contributed by atoms with van der Waals surface area (Å²) in [7, 11) is 0. The van der Waals surface area contributed by atoms with Crippen molar-refractivity contribution in [1.82, 2.24) is 9.88 Å². The fourth-order valence-electron chi connectivity index (χ4n) is 2.94. The Labute approximate surface area is 135 Å². The zero-order valence-corrected chi connectivity index (χ0v) is 13.0. The monoisotopic (exact) mass is 318 g/mol. The molecule has 0 bridgehead atoms. The quantitative estimate of drug-likeness (QED) is 0.829. The molecule has 1 saturated carbocycles. The van der Waals surface area contributed by atoms with E-state index in [4.69, 9.17) is 10.5 Å². The number of carbonyl (C=O) groups excluding carboxylic acids is 2. The maximum Gasteiger partial charge on any atom is 0.267 e. The molecule has 0 radical (unpaired) electrons. The van der Waals surface area contributed by atoms with Gasteiger partial charge in [-0.1, -0.05) is 6.42 Å². The van der Waals surface area contributed by atoms with Gasteiger partial charge in [-0.25, -0.2) is 4.98 Å². The molecule has 7 nitrogen and oxygen atoms in total. The molecule has 1 aliphatic carbocycles. The smallest absolute Gasteiger partial charge is 0.267 e. The SMILES string of the molecule is NC(=O)c1ccc(NC(=O)[C@@H]2COCCN2CC2CCC2)cn1. The van der Waals surface area contributed by atoms with Crippen LogP contribution in [0.25, 0.3) is 0 Å². The summed E-state index contributed by atoms with van der Waals surface area (Å²) in [6, 6.07) is 2.85. The van der Waals surface area contributed by atoms with Crippen LogP contribution in [0.3, 0.4) is 0 Å². The number of pyridine rings is 1. The zero-order valence-electron chi connectivity index (χ0n) is 13.0. The molecular weight excluding hydrogens is 296 g/mol. The van der Waals surface area contributed by atoms with E-state index in [-0.39, 0.29) is 17.6 Å². The van der Waals surface area contributed by atoms with Gasteiger partial charge in [0, 0.05) is 13.1 Å². The molecule has 3 rings (SSSR count). The third-order valence-electron chi connectivity index (χ3n) is 4.54. The highest BCUT2D eigenvalue weighted by Gasteiger charge is 2.32. The minimum absolute atomic E-state index is 0.0994. The van der Waals surface area contributed by atoms with Crippen molar-refractivity contribution in [3.05, 3.63) is 24.0 Å². The summed E-state index contributed by atoms with van der Waals surface area (Å²) in [5.41, 5.74) is 5.88. The van der Waals surface area contributed by atoms with Crippen LogP contribution in [0.2, 0.25) is 0 Å². The van der Waals surface area contributed by atoms with E-state index in [1.807, 2.05) is 0 Å². The van der Waals surface area contributed by atoms with Crippen LogP contribution in [-0.2, 0) is 9.53 Å². The van der Waals surface area contributed by atoms with Crippen molar-refractivity contribution in [1.29, 1.82) is 0 Å². The summed E-state index contributed by atoms with van der Waals surface area (Å²) in [6.45, 7) is 2.82. The highest BCUT2D eigenvalue weighted by atomic mass is 16.5. The van der Waals surface area contributed by atoms with Crippen molar-refractivity contribution in [2.45, 2.75) is 25.3 Å². The molecule has 1 aromatic rings. The number of hydrogen-bond donors (Lipinski definition) is 2. The average Bonchev–Trinajstić information content (AvgIpc) is 2.52. The minimum Gasteiger partial charge on any atom is -0.378 e. The van der Waals surface area contributed by atoms with Gasteiger partial charge in [0.05, 0.1) is 25.1 Å². The fraction of sp³-hybridized carbons (Fsp3) is 0.562. The van der Waals surface area contributed by atoms with Crippen molar-refractivity contribution < 1.29 is 14.3 Å². The summed E-state index contributed by atoms with van der Waals surface area (Å²) < 4.78 is 5.48. The standard InChI is InChI=1S/C16H22N4O3/c17-15(21)13-5-4-12(8-18-13)19-16(22)14-10-23-7-6-20(14)9-11-2-1-3-11/h4-5,8,11,14H,1-3,6-7,9-10H2,(H2,17,21)(H,19,22)/t14-/m0/s1. The van der Waals surface area contributed by atoms with E-state index in [1.165, 1.54) is 31.5 Å². The first-order valence-corrected chi connectivity index (χ1v) is 8.02. The first-order valence-electron chi connectivity index (χ1n) is 8.02. The third-order valence-corrected chi connectivity index (χ3v) is 4.54. The Hall–Kier alpha value is -1.99. The maximum atomic E-state index is 12.5. The Kier molecular flexibility index (Phi) is 4.88. The molecular formula is C16H22N4O3. The highest BCUT2D eigenvalue weighted by Crippen LogP contribution is 2.28. The van der Waals surface area contributed by atoms with Gasteiger partial charge in [-0.15, -0.1) is 0 Å². The van der Waals surface area contributed by atoms with Crippen LogP contribution in [0.1, 0.15) is 29.8 Å². The molecule has 0 unspecified atom stereocenters. The molecule has 23 heavy (non-hydrogen) atoms. The molecule has 7 heteroatoms. The number of hydrogen-bond acceptors (Lipinski definition) is 5. The molecule has 1 aliphatic heterocycles. The van der Waals surface area contributed by atoms with Crippen LogP contribution in [0, 0.1) is 5.92 Å². The van der Waals surface area contributed by atoms with Crippen molar-refractivity contribution in [3.63, 3.8) is 0 Å². The number of morpholine rings is 1. The van der Waals surface area contributed by atoms with Crippen LogP contribution in [0.5, 0.6) is 0 Å². The zero-order chi connectivity index (χ0) is 16.2. The Balaban J connectivity index is 1.61. The Morgan fingerprint density at radius 3 is 2.83 bits per heavy atom. The lowest BCUT2D eigenvalue weighted by atomic mass is 9.84. The van der Waals surface area contributed by atoms with Crippen molar-refractivity contribution in [2.24, 2.45) is 11.7 Å². The summed E-state index contributed by atoms with van der Waals surface area (Å²) in [6.07, 6.45) is 5.25. The number of nitrogens with one attached hydrogen (secondary N) is 1. The van der Waals surface area contributed by atoms with Crippen molar-refractivity contribution >= 4 is 17.5 Å². The predicted octanol–water partition coefficient (Wildman–Crippen LogP) is 0.620. The molecule has 2 amide bonds. The summed E-state index contributed by atoms with van der Waals surface area (Å²) in [4.78, 5) is 29.7. The maximum absolute atomic E-state index is 12.5. The van der Waals surface area contributed by atoms with E-state index in [0.29, 0.717) is 24.8 Å². The number of aromatic nitrogens is 1. The van der Waals surface area contributed by atoms with Gasteiger partial charge in [0.1, 0.15) is 11.7 Å². The van der Waals surface area contributed by atoms with Gasteiger partial charge in [-0.2, -0.15) is 0 Å². The number of amides is 2. The van der Waals surface area contributed by atoms with E-state index in [0.717, 1.165) is 13.1 Å². The first-order chi connectivity index (χ1) is 11.1. The highest BCUT2D eigenvalue weighted by molar-refractivity contribution is 5.95. The molecule has 2 fully saturated rings. The molecule has 1 saturated heterocycles. The average molecular weight is 318 g/mol. The summed E-state index contributed by atoms with van der Waals surface area (Å²) >= 11 is 0. The van der Waals surface area contributed by atoms with Crippen molar-refractivity contribution in [2.75, 3.05) is 31.6 Å². The molecule has 124 valence electrons. The lowest BCUT2D eigenvalue weighted by Gasteiger charge is -2.39. The molecule has 0 aromatic carbocycles. The number of rotatable bonds is 5. The van der Waals surface area contributed by atoms with Crippen molar-refractivity contribution in [3.8, 4) is 0 Å². The number of nitrogens with zero attached hydrogens (tertiary/aromatic N) is 2. The lowest BCUT2D eigenvalue weighted by molar-refractivity contribution is -0.128. The van der Waals surface area contributed by atoms with Crippen LogP contribution in [0.15, 0.2) is 18.3 Å². The van der Waals surface area contributed by atoms with Gasteiger partial charge in [-0.3, -0.25) is 14.5 Å². The van der Waals surface area contributed by atoms with Gasteiger partial charge in [-0.05, 0) is 30.9 Å². The van der Waals surface area contributed by atoms with E-state index in [1.54, 1.807) is 6.07 Å². The van der Waals surface area contributed by atoms with Crippen LogP contribution in [0.4, 0.5) is 5.69 Å². The molecule has 2 heterocycles. The van der Waals surface area contributed by atoms with Crippen LogP contribution in [-0.4, -0.2) is 54.0 Å². The van der Waals surface area contributed by atoms with Crippen LogP contribution >= 0.6 is 0 Å². The fourth-order valence-corrected chi connectivity index (χ4v) is 2.94. The van der Waals surface area contributed by atoms with E-state index in [9.17, 15) is 9.59 Å². The number of anilines is 1. The van der Waals surface area contributed by atoms with E-state index >= 15 is 0 Å². The van der Waals surface area contributed by atoms with Crippen LogP contribution < -0.4 is 11.1 Å². The van der Waals surface area contributed by atoms with Gasteiger partial charge >= 0.3 is 0 Å². The van der Waals surface area contributed by atoms with E-state index < -0.39 is 5.91 Å². The Morgan fingerprint density at radius 1 is 1.39 bits per heavy atom. The number of primary amides is 1. The second kappa shape index (κ2) is 7.06. The second-order valence-electron chi connectivity index (χ2n) is 6.17. The molecule has 0 spiro atoms. The minimum atomic E-state index is -0.588. The van der Waals surface area contributed by atoms with Gasteiger partial charge in [0.2, 0.25) is 5.91 Å². The number of carbonyl (C=O) groups is 2. The molecule has 2 aliphatic rings. The number of ether oxygens (including phenoxy) is 1. The Bertz CT molecular complexity index is 571. The first kappa shape index (κ1) is 15.9. The van der Waals surface area contributed by atoms with Gasteiger partial charge in [0.25, 0.3) is 5.91 Å². The predicted molar refractivity (Wildman–Crippen MR) is 84.9 cm³/mol. The molecule has 3 N–H and O–H groups in total. The largest absolute Gasteiger partial charge is 0.378 e. The molecule has 1 atom stereocenters. The molecule has 1 aromatic heterocycles. The van der Waals surface area contributed by atoms with Gasteiger partial charge < -0.3 is 15.8 Å². The third kappa shape index (κ3) is 3.86. The number of nitrogens with two attached hydrogens (primary N) is 1. The normalized spacial score (nSPS) is 22.3. The Morgan fingerprint density at radius 2 is 2.22 bits per heavy atom. The van der Waals surface area contributed by atoms with Gasteiger partial charge in [0.15, 0.2) is 0 Å². The summed E-state index contributed by atoms with van der Waals surface area (Å²) in [5.74, 6) is 0.0211. The lowest BCUT2D eigenvalue weighted by Crippen LogP contribution is -2.53. The summed E-state index contributed by atoms with van der Waals surface area (Å²) in [5, 5.41) is 2.84. The topological polar surface area (TPSA) is 97.5 Å². The van der Waals surface area contributed by atoms with E-state index in [2.05, 4.69) is 15.2 Å².